The van der Waals surface area contributed by atoms with E-state index in [4.69, 9.17) is 4.74 Å². The van der Waals surface area contributed by atoms with Gasteiger partial charge in [0.1, 0.15) is 0 Å². The van der Waals surface area contributed by atoms with E-state index in [1.807, 2.05) is 13.8 Å². The van der Waals surface area contributed by atoms with E-state index in [1.54, 1.807) is 6.08 Å². The predicted molar refractivity (Wildman–Crippen MR) is 76.3 cm³/mol. The molecule has 0 bridgehead atoms. The van der Waals surface area contributed by atoms with Gasteiger partial charge in [0.25, 0.3) is 0 Å². The van der Waals surface area contributed by atoms with E-state index in [0.29, 0.717) is 13.0 Å². The van der Waals surface area contributed by atoms with Crippen LogP contribution in [-0.2, 0) is 14.3 Å². The minimum absolute atomic E-state index is 0.133. The first-order valence-electron chi connectivity index (χ1n) is 6.93. The molecule has 0 spiro atoms. The highest BCUT2D eigenvalue weighted by atomic mass is 16.6. The van der Waals surface area contributed by atoms with Crippen LogP contribution in [0.5, 0.6) is 0 Å². The monoisotopic (exact) mass is 300 g/mol. The normalized spacial score (nSPS) is 25.0. The standard InChI is InChI=1S/C14H24N2O5/c1-9(2)10(15-13(20)21-4)11(17)16-8-6-5-7-14(16,3)12(18)19/h5,7,9-10,13,15,20H,6,8H2,1-4H3,(H,18,19). The third-order valence-electron chi connectivity index (χ3n) is 3.70. The Morgan fingerprint density at radius 1 is 1.43 bits per heavy atom. The van der Waals surface area contributed by atoms with Crippen molar-refractivity contribution >= 4 is 11.9 Å². The molecule has 1 heterocycles. The van der Waals surface area contributed by atoms with E-state index >= 15 is 0 Å². The second-order valence-corrected chi connectivity index (χ2v) is 5.61. The molecule has 3 N–H and O–H groups in total. The zero-order chi connectivity index (χ0) is 16.2. The average molecular weight is 300 g/mol. The minimum Gasteiger partial charge on any atom is -0.479 e. The fraction of sp³-hybridized carbons (Fsp3) is 0.714. The molecule has 0 fully saturated rings. The Bertz CT molecular complexity index is 424. The Balaban J connectivity index is 3.02. The maximum atomic E-state index is 12.7. The summed E-state index contributed by atoms with van der Waals surface area (Å²) in [7, 11) is 1.31. The smallest absolute Gasteiger partial charge is 0.333 e. The molecule has 1 amide bonds. The van der Waals surface area contributed by atoms with Crippen molar-refractivity contribution in [3.05, 3.63) is 12.2 Å². The third kappa shape index (κ3) is 3.81. The fourth-order valence-electron chi connectivity index (χ4n) is 2.30. The molecule has 0 aliphatic carbocycles. The van der Waals surface area contributed by atoms with E-state index in [2.05, 4.69) is 5.32 Å². The molecular weight excluding hydrogens is 276 g/mol. The van der Waals surface area contributed by atoms with Crippen LogP contribution < -0.4 is 5.32 Å². The van der Waals surface area contributed by atoms with Gasteiger partial charge in [-0.05, 0) is 19.3 Å². The number of carboxylic acid groups (broad SMARTS) is 1. The highest BCUT2D eigenvalue weighted by Crippen LogP contribution is 2.24. The molecular formula is C14H24N2O5. The van der Waals surface area contributed by atoms with Crippen molar-refractivity contribution < 1.29 is 24.5 Å². The predicted octanol–water partition coefficient (Wildman–Crippen LogP) is 0.155. The molecule has 21 heavy (non-hydrogen) atoms. The van der Waals surface area contributed by atoms with E-state index in [1.165, 1.54) is 25.0 Å². The van der Waals surface area contributed by atoms with E-state index in [9.17, 15) is 19.8 Å². The first kappa shape index (κ1) is 17.6. The second-order valence-electron chi connectivity index (χ2n) is 5.61. The second kappa shape index (κ2) is 7.02. The van der Waals surface area contributed by atoms with Gasteiger partial charge in [-0.2, -0.15) is 0 Å². The van der Waals surface area contributed by atoms with E-state index in [-0.39, 0.29) is 11.8 Å². The molecule has 1 rings (SSSR count). The lowest BCUT2D eigenvalue weighted by molar-refractivity contribution is -0.159. The molecule has 0 aromatic heterocycles. The van der Waals surface area contributed by atoms with Crippen LogP contribution >= 0.6 is 0 Å². The van der Waals surface area contributed by atoms with Crippen molar-refractivity contribution in [1.82, 2.24) is 10.2 Å². The van der Waals surface area contributed by atoms with Gasteiger partial charge in [-0.25, -0.2) is 4.79 Å². The number of aliphatic hydroxyl groups is 1. The number of carbonyl (C=O) groups excluding carboxylic acids is 1. The SMILES string of the molecule is COC(O)NC(C(=O)N1CCC=CC1(C)C(=O)O)C(C)C. The van der Waals surface area contributed by atoms with Crippen molar-refractivity contribution in [3.8, 4) is 0 Å². The van der Waals surface area contributed by atoms with Crippen LogP contribution in [0.15, 0.2) is 12.2 Å². The summed E-state index contributed by atoms with van der Waals surface area (Å²) in [5.74, 6) is -1.58. The molecule has 0 saturated carbocycles. The maximum absolute atomic E-state index is 12.7. The topological polar surface area (TPSA) is 99.1 Å². The highest BCUT2D eigenvalue weighted by Gasteiger charge is 2.44. The van der Waals surface area contributed by atoms with Crippen molar-refractivity contribution in [2.45, 2.75) is 45.2 Å². The number of hydrogen-bond donors (Lipinski definition) is 3. The molecule has 3 atom stereocenters. The van der Waals surface area contributed by atoms with Crippen LogP contribution in [0.1, 0.15) is 27.2 Å². The number of amides is 1. The van der Waals surface area contributed by atoms with Crippen LogP contribution in [0.25, 0.3) is 0 Å². The number of carboxylic acids is 1. The van der Waals surface area contributed by atoms with E-state index in [0.717, 1.165) is 0 Å². The summed E-state index contributed by atoms with van der Waals surface area (Å²) in [4.78, 5) is 25.6. The van der Waals surface area contributed by atoms with Crippen molar-refractivity contribution in [3.63, 3.8) is 0 Å². The summed E-state index contributed by atoms with van der Waals surface area (Å²) in [6.45, 7) is 5.45. The van der Waals surface area contributed by atoms with Gasteiger partial charge in [0.05, 0.1) is 6.04 Å². The lowest BCUT2D eigenvalue weighted by Crippen LogP contribution is -2.62. The van der Waals surface area contributed by atoms with Crippen LogP contribution in [-0.4, -0.2) is 58.6 Å². The van der Waals surface area contributed by atoms with Crippen LogP contribution in [0, 0.1) is 5.92 Å². The van der Waals surface area contributed by atoms with Gasteiger partial charge in [0, 0.05) is 13.7 Å². The zero-order valence-electron chi connectivity index (χ0n) is 12.9. The minimum atomic E-state index is -1.37. The Morgan fingerprint density at radius 3 is 2.52 bits per heavy atom. The molecule has 1 aliphatic rings. The summed E-state index contributed by atoms with van der Waals surface area (Å²) >= 11 is 0. The van der Waals surface area contributed by atoms with Crippen molar-refractivity contribution in [2.24, 2.45) is 5.92 Å². The summed E-state index contributed by atoms with van der Waals surface area (Å²) in [6, 6.07) is -0.731. The largest absolute Gasteiger partial charge is 0.479 e. The number of methoxy groups -OCH3 is 1. The molecule has 7 heteroatoms. The molecule has 1 aliphatic heterocycles. The Hall–Kier alpha value is -1.44. The Kier molecular flexibility index (Phi) is 5.88. The molecule has 120 valence electrons. The van der Waals surface area contributed by atoms with Gasteiger partial charge >= 0.3 is 5.97 Å². The quantitative estimate of drug-likeness (QED) is 0.477. The number of rotatable bonds is 6. The highest BCUT2D eigenvalue weighted by molar-refractivity contribution is 5.91. The summed E-state index contributed by atoms with van der Waals surface area (Å²) in [5.41, 5.74) is -1.37. The van der Waals surface area contributed by atoms with Gasteiger partial charge in [0.2, 0.25) is 12.3 Å². The first-order chi connectivity index (χ1) is 9.74. The number of nitrogens with zero attached hydrogens (tertiary/aromatic N) is 1. The summed E-state index contributed by atoms with van der Waals surface area (Å²) in [6.07, 6.45) is 2.62. The molecule has 7 nitrogen and oxygen atoms in total. The average Bonchev–Trinajstić information content (AvgIpc) is 2.43. The van der Waals surface area contributed by atoms with Crippen molar-refractivity contribution in [2.75, 3.05) is 13.7 Å². The number of ether oxygens (including phenoxy) is 1. The maximum Gasteiger partial charge on any atom is 0.333 e. The van der Waals surface area contributed by atoms with Gasteiger partial charge in [-0.3, -0.25) is 10.1 Å². The lowest BCUT2D eigenvalue weighted by Gasteiger charge is -2.41. The number of aliphatic hydroxyl groups excluding tert-OH is 1. The molecule has 0 aromatic rings. The fourth-order valence-corrected chi connectivity index (χ4v) is 2.30. The molecule has 0 saturated heterocycles. The summed E-state index contributed by atoms with van der Waals surface area (Å²) < 4.78 is 4.71. The first-order valence-corrected chi connectivity index (χ1v) is 6.93. The van der Waals surface area contributed by atoms with Crippen LogP contribution in [0.3, 0.4) is 0 Å². The number of hydrogen-bond acceptors (Lipinski definition) is 5. The van der Waals surface area contributed by atoms with Crippen LogP contribution in [0.4, 0.5) is 0 Å². The molecule has 0 aromatic carbocycles. The van der Waals surface area contributed by atoms with E-state index < -0.39 is 24.0 Å². The lowest BCUT2D eigenvalue weighted by atomic mass is 9.92. The molecule has 3 unspecified atom stereocenters. The Morgan fingerprint density at radius 2 is 2.05 bits per heavy atom. The van der Waals surface area contributed by atoms with Crippen molar-refractivity contribution in [1.29, 1.82) is 0 Å². The van der Waals surface area contributed by atoms with Gasteiger partial charge < -0.3 is 19.8 Å². The number of nitrogens with one attached hydrogen (secondary N) is 1. The van der Waals surface area contributed by atoms with Gasteiger partial charge in [-0.15, -0.1) is 0 Å². The van der Waals surface area contributed by atoms with Crippen LogP contribution in [0.2, 0.25) is 0 Å². The number of carbonyl (C=O) groups is 2. The summed E-state index contributed by atoms with van der Waals surface area (Å²) in [5, 5.41) is 21.6. The van der Waals surface area contributed by atoms with Gasteiger partial charge in [0.15, 0.2) is 5.54 Å². The Labute approximate surface area is 124 Å². The molecule has 0 radical (unpaired) electrons. The third-order valence-corrected chi connectivity index (χ3v) is 3.70. The van der Waals surface area contributed by atoms with Gasteiger partial charge in [-0.1, -0.05) is 26.0 Å². The number of aliphatic carboxylic acids is 1. The zero-order valence-corrected chi connectivity index (χ0v) is 12.9.